The van der Waals surface area contributed by atoms with E-state index in [4.69, 9.17) is 4.74 Å². The maximum absolute atomic E-state index is 11.9. The van der Waals surface area contributed by atoms with Crippen LogP contribution in [-0.2, 0) is 17.8 Å². The molecule has 0 aliphatic carbocycles. The number of carbonyl (C=O) groups excluding carboxylic acids is 1. The minimum atomic E-state index is -0.486. The van der Waals surface area contributed by atoms with Gasteiger partial charge in [0, 0.05) is 4.90 Å². The molecule has 0 aromatic heterocycles. The van der Waals surface area contributed by atoms with Gasteiger partial charge in [-0.3, -0.25) is 5.32 Å². The summed E-state index contributed by atoms with van der Waals surface area (Å²) in [6, 6.07) is 15.3. The van der Waals surface area contributed by atoms with Crippen LogP contribution < -0.4 is 5.32 Å². The highest BCUT2D eigenvalue weighted by Gasteiger charge is 2.07. The van der Waals surface area contributed by atoms with Crippen molar-refractivity contribution in [3.63, 3.8) is 0 Å². The van der Waals surface area contributed by atoms with Gasteiger partial charge in [-0.1, -0.05) is 42.5 Å². The van der Waals surface area contributed by atoms with Gasteiger partial charge >= 0.3 is 6.09 Å². The number of allylic oxidation sites excluding steroid dienone is 1. The Balaban J connectivity index is 1.94. The molecule has 0 fully saturated rings. The Hall–Kier alpha value is -2.20. The topological polar surface area (TPSA) is 38.3 Å². The van der Waals surface area contributed by atoms with Crippen LogP contribution in [0.2, 0.25) is 0 Å². The lowest BCUT2D eigenvalue weighted by Crippen LogP contribution is -2.14. The van der Waals surface area contributed by atoms with E-state index < -0.39 is 6.09 Å². The molecular formula is C18H19NO2S. The first-order chi connectivity index (χ1) is 10.7. The second-order valence-corrected chi connectivity index (χ2v) is 5.35. The number of carbonyl (C=O) groups is 1. The molecule has 0 saturated carbocycles. The fourth-order valence-corrected chi connectivity index (χ4v) is 2.17. The number of nitrogens with one attached hydrogen (secondary N) is 1. The van der Waals surface area contributed by atoms with Gasteiger partial charge in [0.15, 0.2) is 0 Å². The standard InChI is InChI=1S/C18H19NO2S/c1-2-3-7-14-10-11-17(22)16(12-14)19-18(20)21-13-15-8-5-4-6-9-15/h2,4-6,8-12,22H,1,3,7,13H2,(H,19,20). The normalized spacial score (nSPS) is 10.0. The Labute approximate surface area is 136 Å². The summed E-state index contributed by atoms with van der Waals surface area (Å²) in [6.45, 7) is 3.95. The van der Waals surface area contributed by atoms with Crippen molar-refractivity contribution < 1.29 is 9.53 Å². The number of hydrogen-bond donors (Lipinski definition) is 2. The van der Waals surface area contributed by atoms with Crippen LogP contribution in [0, 0.1) is 0 Å². The van der Waals surface area contributed by atoms with Gasteiger partial charge in [0.05, 0.1) is 5.69 Å². The molecule has 114 valence electrons. The first-order valence-corrected chi connectivity index (χ1v) is 7.54. The number of hydrogen-bond acceptors (Lipinski definition) is 3. The van der Waals surface area contributed by atoms with E-state index in [9.17, 15) is 4.79 Å². The first-order valence-electron chi connectivity index (χ1n) is 7.09. The average Bonchev–Trinajstić information content (AvgIpc) is 2.54. The smallest absolute Gasteiger partial charge is 0.411 e. The van der Waals surface area contributed by atoms with E-state index in [1.165, 1.54) is 0 Å². The molecule has 0 radical (unpaired) electrons. The zero-order valence-electron chi connectivity index (χ0n) is 12.3. The van der Waals surface area contributed by atoms with Crippen LogP contribution in [0.25, 0.3) is 0 Å². The van der Waals surface area contributed by atoms with Gasteiger partial charge in [0.2, 0.25) is 0 Å². The van der Waals surface area contributed by atoms with Crippen LogP contribution in [0.3, 0.4) is 0 Å². The summed E-state index contributed by atoms with van der Waals surface area (Å²) in [7, 11) is 0. The van der Waals surface area contributed by atoms with E-state index >= 15 is 0 Å². The van der Waals surface area contributed by atoms with Crippen LogP contribution in [0.4, 0.5) is 10.5 Å². The molecule has 0 aliphatic heterocycles. The van der Waals surface area contributed by atoms with Gasteiger partial charge in [0.1, 0.15) is 6.61 Å². The van der Waals surface area contributed by atoms with Crippen molar-refractivity contribution in [2.24, 2.45) is 0 Å². The summed E-state index contributed by atoms with van der Waals surface area (Å²) in [4.78, 5) is 12.6. The van der Waals surface area contributed by atoms with Crippen molar-refractivity contribution in [3.05, 3.63) is 72.3 Å². The third kappa shape index (κ3) is 4.97. The van der Waals surface area contributed by atoms with Gasteiger partial charge in [-0.25, -0.2) is 4.79 Å². The number of benzene rings is 2. The van der Waals surface area contributed by atoms with E-state index in [0.717, 1.165) is 24.0 Å². The third-order valence-corrected chi connectivity index (χ3v) is 3.54. The predicted octanol–water partition coefficient (Wildman–Crippen LogP) is 4.84. The summed E-state index contributed by atoms with van der Waals surface area (Å²) >= 11 is 4.36. The molecule has 2 aromatic rings. The van der Waals surface area contributed by atoms with Gasteiger partial charge < -0.3 is 4.74 Å². The highest BCUT2D eigenvalue weighted by molar-refractivity contribution is 7.80. The van der Waals surface area contributed by atoms with E-state index in [0.29, 0.717) is 10.6 Å². The Bertz CT molecular complexity index is 641. The molecule has 0 bridgehead atoms. The number of aryl methyl sites for hydroxylation is 1. The molecule has 0 atom stereocenters. The number of rotatable bonds is 6. The Morgan fingerprint density at radius 1 is 1.18 bits per heavy atom. The van der Waals surface area contributed by atoms with E-state index in [1.54, 1.807) is 0 Å². The van der Waals surface area contributed by atoms with Crippen molar-refractivity contribution in [2.75, 3.05) is 5.32 Å². The van der Waals surface area contributed by atoms with Crippen molar-refractivity contribution in [1.82, 2.24) is 0 Å². The van der Waals surface area contributed by atoms with Crippen molar-refractivity contribution in [1.29, 1.82) is 0 Å². The first kappa shape index (κ1) is 16.2. The second kappa shape index (κ2) is 8.29. The van der Waals surface area contributed by atoms with Crippen LogP contribution in [0.5, 0.6) is 0 Å². The maximum atomic E-state index is 11.9. The second-order valence-electron chi connectivity index (χ2n) is 4.87. The molecule has 0 heterocycles. The lowest BCUT2D eigenvalue weighted by molar-refractivity contribution is 0.155. The van der Waals surface area contributed by atoms with Crippen molar-refractivity contribution >= 4 is 24.4 Å². The molecule has 2 rings (SSSR count). The minimum Gasteiger partial charge on any atom is -0.444 e. The average molecular weight is 313 g/mol. The van der Waals surface area contributed by atoms with E-state index in [1.807, 2.05) is 54.6 Å². The highest BCUT2D eigenvalue weighted by Crippen LogP contribution is 2.22. The third-order valence-electron chi connectivity index (χ3n) is 3.15. The number of amides is 1. The molecule has 2 aromatic carbocycles. The van der Waals surface area contributed by atoms with Crippen molar-refractivity contribution in [3.8, 4) is 0 Å². The monoisotopic (exact) mass is 313 g/mol. The lowest BCUT2D eigenvalue weighted by atomic mass is 10.1. The molecular weight excluding hydrogens is 294 g/mol. The summed E-state index contributed by atoms with van der Waals surface area (Å²) in [5, 5.41) is 2.73. The summed E-state index contributed by atoms with van der Waals surface area (Å²) < 4.78 is 5.21. The van der Waals surface area contributed by atoms with Crippen LogP contribution in [0.15, 0.2) is 66.1 Å². The Kier molecular flexibility index (Phi) is 6.10. The highest BCUT2D eigenvalue weighted by atomic mass is 32.1. The molecule has 1 amide bonds. The lowest BCUT2D eigenvalue weighted by Gasteiger charge is -2.10. The molecule has 0 unspecified atom stereocenters. The van der Waals surface area contributed by atoms with Gasteiger partial charge in [-0.2, -0.15) is 0 Å². The molecule has 0 aliphatic rings. The summed E-state index contributed by atoms with van der Waals surface area (Å²) in [5.41, 5.74) is 2.72. The molecule has 0 spiro atoms. The fraction of sp³-hybridized carbons (Fsp3) is 0.167. The molecule has 0 saturated heterocycles. The SMILES string of the molecule is C=CCCc1ccc(S)c(NC(=O)OCc2ccccc2)c1. The Morgan fingerprint density at radius 3 is 2.68 bits per heavy atom. The number of thiol groups is 1. The number of anilines is 1. The van der Waals surface area contributed by atoms with Crippen LogP contribution in [-0.4, -0.2) is 6.09 Å². The summed E-state index contributed by atoms with van der Waals surface area (Å²) in [5.74, 6) is 0. The molecule has 1 N–H and O–H groups in total. The molecule has 22 heavy (non-hydrogen) atoms. The fourth-order valence-electron chi connectivity index (χ4n) is 1.98. The predicted molar refractivity (Wildman–Crippen MR) is 92.5 cm³/mol. The zero-order chi connectivity index (χ0) is 15.8. The van der Waals surface area contributed by atoms with Gasteiger partial charge in [-0.05, 0) is 36.1 Å². The van der Waals surface area contributed by atoms with E-state index in [2.05, 4.69) is 24.5 Å². The van der Waals surface area contributed by atoms with Crippen molar-refractivity contribution in [2.45, 2.75) is 24.3 Å². The minimum absolute atomic E-state index is 0.241. The number of ether oxygens (including phenoxy) is 1. The van der Waals surface area contributed by atoms with Crippen LogP contribution >= 0.6 is 12.6 Å². The molecule has 3 nitrogen and oxygen atoms in total. The molecule has 4 heteroatoms. The quantitative estimate of drug-likeness (QED) is 0.591. The van der Waals surface area contributed by atoms with Crippen LogP contribution in [0.1, 0.15) is 17.5 Å². The van der Waals surface area contributed by atoms with E-state index in [-0.39, 0.29) is 6.61 Å². The van der Waals surface area contributed by atoms with Gasteiger partial charge in [-0.15, -0.1) is 19.2 Å². The Morgan fingerprint density at radius 2 is 1.95 bits per heavy atom. The van der Waals surface area contributed by atoms with Gasteiger partial charge in [0.25, 0.3) is 0 Å². The largest absolute Gasteiger partial charge is 0.444 e. The summed E-state index contributed by atoms with van der Waals surface area (Å²) in [6.07, 6.45) is 3.16. The maximum Gasteiger partial charge on any atom is 0.411 e. The zero-order valence-corrected chi connectivity index (χ0v) is 13.2.